The van der Waals surface area contributed by atoms with Crippen LogP contribution in [0.2, 0.25) is 0 Å². The van der Waals surface area contributed by atoms with E-state index in [4.69, 9.17) is 11.5 Å². The van der Waals surface area contributed by atoms with Gasteiger partial charge in [0.1, 0.15) is 30.2 Å². The highest BCUT2D eigenvalue weighted by Gasteiger charge is 2.44. The lowest BCUT2D eigenvalue weighted by molar-refractivity contribution is -0.143. The van der Waals surface area contributed by atoms with E-state index in [-0.39, 0.29) is 82.9 Å². The van der Waals surface area contributed by atoms with E-state index in [1.807, 2.05) is 24.3 Å². The third kappa shape index (κ3) is 15.7. The van der Waals surface area contributed by atoms with Crippen molar-refractivity contribution >= 4 is 64.2 Å². The molecule has 0 unspecified atom stereocenters. The van der Waals surface area contributed by atoms with E-state index in [2.05, 4.69) is 47.2 Å². The van der Waals surface area contributed by atoms with Crippen molar-refractivity contribution in [3.63, 3.8) is 0 Å². The Balaban J connectivity index is 1.36. The summed E-state index contributed by atoms with van der Waals surface area (Å²) >= 11 is 0. The van der Waals surface area contributed by atoms with Crippen LogP contribution in [0.1, 0.15) is 82.3 Å². The van der Waals surface area contributed by atoms with Gasteiger partial charge in [-0.3, -0.25) is 48.7 Å². The van der Waals surface area contributed by atoms with E-state index in [0.717, 1.165) is 10.9 Å². The first-order chi connectivity index (χ1) is 34.0. The predicted octanol–water partition coefficient (Wildman–Crippen LogP) is -1.05. The number of hydrogen-bond donors (Lipinski definition) is 12. The first-order valence-corrected chi connectivity index (χ1v) is 24.4. The van der Waals surface area contributed by atoms with E-state index < -0.39 is 102 Å². The van der Waals surface area contributed by atoms with Crippen LogP contribution in [-0.2, 0) is 51.2 Å². The van der Waals surface area contributed by atoms with Crippen LogP contribution >= 0.6 is 0 Å². The molecule has 71 heavy (non-hydrogen) atoms. The molecular formula is C49H68N12O10. The maximum atomic E-state index is 14.9. The van der Waals surface area contributed by atoms with Gasteiger partial charge in [0.05, 0.1) is 18.7 Å². The summed E-state index contributed by atoms with van der Waals surface area (Å²) in [6.07, 6.45) is 3.89. The van der Waals surface area contributed by atoms with Crippen LogP contribution in [0.4, 0.5) is 0 Å². The minimum atomic E-state index is -1.32. The van der Waals surface area contributed by atoms with Crippen molar-refractivity contribution in [1.82, 2.24) is 47.1 Å². The molecule has 2 aromatic carbocycles. The Hall–Kier alpha value is -7.07. The van der Waals surface area contributed by atoms with Crippen LogP contribution in [-0.4, -0.2) is 148 Å². The Bertz CT molecular complexity index is 2380. The molecule has 2 aliphatic heterocycles. The number of nitrogens with two attached hydrogens (primary N) is 2. The topological polar surface area (TPSA) is 345 Å². The highest BCUT2D eigenvalue weighted by Crippen LogP contribution is 2.29. The molecule has 0 bridgehead atoms. The second-order valence-corrected chi connectivity index (χ2v) is 18.8. The third-order valence-electron chi connectivity index (χ3n) is 13.3. The molecule has 7 amide bonds. The Morgan fingerprint density at radius 1 is 0.845 bits per heavy atom. The quantitative estimate of drug-likeness (QED) is 0.0464. The highest BCUT2D eigenvalue weighted by atomic mass is 16.4. The third-order valence-corrected chi connectivity index (χ3v) is 13.3. The largest absolute Gasteiger partial charge is 0.480 e. The van der Waals surface area contributed by atoms with Gasteiger partial charge < -0.3 is 63.5 Å². The molecule has 7 atom stereocenters. The average molecular weight is 985 g/mol. The lowest BCUT2D eigenvalue weighted by Crippen LogP contribution is -2.60. The summed E-state index contributed by atoms with van der Waals surface area (Å²) < 4.78 is 0. The molecule has 384 valence electrons. The van der Waals surface area contributed by atoms with E-state index in [9.17, 15) is 48.6 Å². The molecule has 0 spiro atoms. The molecule has 14 N–H and O–H groups in total. The number of amides is 7. The van der Waals surface area contributed by atoms with Gasteiger partial charge in [-0.2, -0.15) is 0 Å². The Morgan fingerprint density at radius 3 is 2.25 bits per heavy atom. The summed E-state index contributed by atoms with van der Waals surface area (Å²) in [7, 11) is 0. The number of aromatic nitrogens is 1. The molecule has 3 fully saturated rings. The fourth-order valence-electron chi connectivity index (χ4n) is 9.67. The molecule has 3 aromatic rings. The Labute approximate surface area is 411 Å². The number of para-hydroxylation sites is 1. The number of benzene rings is 2. The van der Waals surface area contributed by atoms with E-state index in [1.54, 1.807) is 36.5 Å². The van der Waals surface area contributed by atoms with Crippen molar-refractivity contribution in [1.29, 1.82) is 0 Å². The second-order valence-electron chi connectivity index (χ2n) is 18.8. The lowest BCUT2D eigenvalue weighted by Gasteiger charge is -2.33. The minimum Gasteiger partial charge on any atom is -0.480 e. The predicted molar refractivity (Wildman–Crippen MR) is 262 cm³/mol. The van der Waals surface area contributed by atoms with Crippen LogP contribution in [0.5, 0.6) is 0 Å². The number of aromatic amines is 1. The highest BCUT2D eigenvalue weighted by molar-refractivity contribution is 5.98. The molecular weight excluding hydrogens is 917 g/mol. The summed E-state index contributed by atoms with van der Waals surface area (Å²) in [6.45, 7) is 0.728. The zero-order chi connectivity index (χ0) is 51.0. The number of aliphatic hydroxyl groups excluding tert-OH is 1. The van der Waals surface area contributed by atoms with Gasteiger partial charge in [-0.25, -0.2) is 0 Å². The normalized spacial score (nSPS) is 25.3. The molecule has 1 aromatic heterocycles. The number of aliphatic carboxylic acids is 1. The standard InChI is InChI=1S/C49H68N12O10/c1-28(62)56-32-24-41-47(70)60-39(22-30-15-17-33(63)18-16-30)45(68)59-40(23-31-25-54-35-12-6-5-11-34(31)35)46(69)57-36(13-7-20-53-49(50)51)43(66)52-19-8-14-37(48(71)61(41)27-32)58-44(67)38(55-26-42(64)65)21-29-9-3-2-4-10-29/h2-6,9-12,25,30,32-33,36-41,54-55,63H,7-8,13-24,26-27H2,1H3,(H,52,66)(H,56,62)(H,57,69)(H,58,67)(H,59,68)(H,60,70)(H,64,65)(H4,50,51,53)/t30?,32-,33?,36-,37-,38-,39+,40-,41-/m0/s1. The van der Waals surface area contributed by atoms with Gasteiger partial charge in [-0.1, -0.05) is 48.5 Å². The first-order valence-electron chi connectivity index (χ1n) is 24.4. The maximum absolute atomic E-state index is 14.9. The minimum absolute atomic E-state index is 0.00530. The van der Waals surface area contributed by atoms with E-state index in [1.165, 1.54) is 11.8 Å². The fourth-order valence-corrected chi connectivity index (χ4v) is 9.67. The maximum Gasteiger partial charge on any atom is 0.317 e. The molecule has 3 heterocycles. The second kappa shape index (κ2) is 25.7. The molecule has 3 aliphatic rings. The van der Waals surface area contributed by atoms with E-state index in [0.29, 0.717) is 36.8 Å². The van der Waals surface area contributed by atoms with Gasteiger partial charge in [0.15, 0.2) is 5.96 Å². The van der Waals surface area contributed by atoms with Gasteiger partial charge in [0.25, 0.3) is 0 Å². The summed E-state index contributed by atoms with van der Waals surface area (Å²) in [6, 6.07) is 8.32. The molecule has 1 saturated carbocycles. The molecule has 22 nitrogen and oxygen atoms in total. The van der Waals surface area contributed by atoms with Crippen LogP contribution < -0.4 is 48.7 Å². The fraction of sp³-hybridized carbons (Fsp3) is 0.531. The van der Waals surface area contributed by atoms with Crippen LogP contribution in [0.3, 0.4) is 0 Å². The molecule has 0 radical (unpaired) electrons. The Morgan fingerprint density at radius 2 is 1.54 bits per heavy atom. The zero-order valence-electron chi connectivity index (χ0n) is 40.0. The monoisotopic (exact) mass is 985 g/mol. The number of fused-ring (bicyclic) bond motifs is 2. The molecule has 6 rings (SSSR count). The number of carboxylic acids is 1. The lowest BCUT2D eigenvalue weighted by atomic mass is 9.83. The number of carbonyl (C=O) groups excluding carboxylic acids is 7. The number of rotatable bonds is 16. The number of H-pyrrole nitrogens is 1. The van der Waals surface area contributed by atoms with Gasteiger partial charge in [-0.05, 0) is 93.7 Å². The van der Waals surface area contributed by atoms with Crippen molar-refractivity contribution in [2.24, 2.45) is 22.4 Å². The van der Waals surface area contributed by atoms with Gasteiger partial charge in [0, 0.05) is 56.1 Å². The number of nitrogens with zero attached hydrogens (tertiary/aromatic N) is 2. The van der Waals surface area contributed by atoms with Crippen molar-refractivity contribution in [2.75, 3.05) is 26.2 Å². The number of nitrogens with one attached hydrogen (secondary N) is 8. The molecule has 2 saturated heterocycles. The SMILES string of the molecule is CC(=O)N[C@H]1C[C@H]2C(=O)N[C@H](CC3CCC(O)CC3)C(=O)N[C@@H](Cc3c[nH]c4ccccc34)C(=O)N[C@@H](CCCN=C(N)N)C(=O)NCCC[C@H](NC(=O)[C@H](Cc3ccccc3)NCC(=O)O)C(=O)N2C1. The Kier molecular flexibility index (Phi) is 19.3. The number of aliphatic hydroxyl groups is 1. The first kappa shape index (κ1) is 53.3. The van der Waals surface area contributed by atoms with Gasteiger partial charge in [0.2, 0.25) is 41.4 Å². The molecule has 22 heteroatoms. The average Bonchev–Trinajstić information content (AvgIpc) is 3.95. The van der Waals surface area contributed by atoms with Crippen LogP contribution in [0, 0.1) is 5.92 Å². The summed E-state index contributed by atoms with van der Waals surface area (Å²) in [5, 5.41) is 40.5. The number of guanidine groups is 1. The number of carbonyl (C=O) groups is 8. The van der Waals surface area contributed by atoms with Gasteiger partial charge >= 0.3 is 5.97 Å². The van der Waals surface area contributed by atoms with E-state index >= 15 is 0 Å². The summed E-state index contributed by atoms with van der Waals surface area (Å²) in [5.41, 5.74) is 13.3. The number of aliphatic imine (C=N–C) groups is 1. The summed E-state index contributed by atoms with van der Waals surface area (Å²) in [5.74, 6) is -5.91. The summed E-state index contributed by atoms with van der Waals surface area (Å²) in [4.78, 5) is 120. The smallest absolute Gasteiger partial charge is 0.317 e. The van der Waals surface area contributed by atoms with Crippen molar-refractivity contribution in [3.8, 4) is 0 Å². The van der Waals surface area contributed by atoms with Crippen molar-refractivity contribution in [3.05, 3.63) is 71.9 Å². The van der Waals surface area contributed by atoms with Crippen molar-refractivity contribution in [2.45, 2.75) is 132 Å². The van der Waals surface area contributed by atoms with Crippen molar-refractivity contribution < 1.29 is 48.6 Å². The molecule has 1 aliphatic carbocycles. The van der Waals surface area contributed by atoms with Gasteiger partial charge in [-0.15, -0.1) is 0 Å². The van der Waals surface area contributed by atoms with Crippen LogP contribution in [0.25, 0.3) is 10.9 Å². The number of hydrogen-bond acceptors (Lipinski definition) is 11. The number of carboxylic acid groups (broad SMARTS) is 1. The zero-order valence-corrected chi connectivity index (χ0v) is 40.0. The van der Waals surface area contributed by atoms with Crippen LogP contribution in [0.15, 0.2) is 65.8 Å².